The van der Waals surface area contributed by atoms with Crippen LogP contribution in [0.1, 0.15) is 17.0 Å². The molecule has 0 aliphatic carbocycles. The van der Waals surface area contributed by atoms with Crippen molar-refractivity contribution in [2.45, 2.75) is 25.7 Å². The Kier molecular flexibility index (Phi) is 5.27. The van der Waals surface area contributed by atoms with Crippen LogP contribution in [-0.4, -0.2) is 33.8 Å². The van der Waals surface area contributed by atoms with Gasteiger partial charge in [-0.2, -0.15) is 0 Å². The molecule has 0 atom stereocenters. The van der Waals surface area contributed by atoms with Gasteiger partial charge in [0.25, 0.3) is 0 Å². The van der Waals surface area contributed by atoms with Gasteiger partial charge < -0.3 is 14.0 Å². The number of benzene rings is 1. The zero-order chi connectivity index (χ0) is 17.0. The van der Waals surface area contributed by atoms with Crippen LogP contribution in [0.2, 0.25) is 0 Å². The lowest BCUT2D eigenvalue weighted by Gasteiger charge is -2.12. The normalized spacial score (nSPS) is 11.5. The Morgan fingerprint density at radius 3 is 2.57 bits per heavy atom. The lowest BCUT2D eigenvalue weighted by Crippen LogP contribution is -2.29. The summed E-state index contributed by atoms with van der Waals surface area (Å²) in [6, 6.07) is 5.53. The molecule has 0 aliphatic heterocycles. The molecule has 0 aliphatic rings. The average molecular weight is 340 g/mol. The minimum absolute atomic E-state index is 0.0745. The van der Waals surface area contributed by atoms with E-state index in [0.717, 1.165) is 5.56 Å². The number of nitrogens with zero attached hydrogens (tertiary/aromatic N) is 1. The van der Waals surface area contributed by atoms with Gasteiger partial charge in [0.2, 0.25) is 10.0 Å². The van der Waals surface area contributed by atoms with E-state index in [1.165, 1.54) is 0 Å². The smallest absolute Gasteiger partial charge is 0.246 e. The molecule has 8 heteroatoms. The third-order valence-corrected chi connectivity index (χ3v) is 4.91. The van der Waals surface area contributed by atoms with Gasteiger partial charge in [0, 0.05) is 6.54 Å². The van der Waals surface area contributed by atoms with E-state index in [-0.39, 0.29) is 23.8 Å². The van der Waals surface area contributed by atoms with Crippen molar-refractivity contribution in [3.05, 3.63) is 35.2 Å². The zero-order valence-electron chi connectivity index (χ0n) is 13.5. The molecule has 0 bridgehead atoms. The summed E-state index contributed by atoms with van der Waals surface area (Å²) in [4.78, 5) is 0.0745. The van der Waals surface area contributed by atoms with Gasteiger partial charge in [0.15, 0.2) is 17.3 Å². The fraction of sp³-hybridized carbons (Fsp3) is 0.400. The first-order valence-electron chi connectivity index (χ1n) is 7.05. The number of sulfonamides is 1. The van der Waals surface area contributed by atoms with E-state index in [4.69, 9.17) is 14.0 Å². The highest BCUT2D eigenvalue weighted by Gasteiger charge is 2.23. The predicted molar refractivity (Wildman–Crippen MR) is 84.4 cm³/mol. The Morgan fingerprint density at radius 2 is 1.96 bits per heavy atom. The number of nitrogens with one attached hydrogen (secondary N) is 1. The van der Waals surface area contributed by atoms with Crippen LogP contribution >= 0.6 is 0 Å². The van der Waals surface area contributed by atoms with E-state index in [2.05, 4.69) is 9.88 Å². The van der Waals surface area contributed by atoms with Crippen LogP contribution in [0.25, 0.3) is 0 Å². The molecule has 0 unspecified atom stereocenters. The maximum Gasteiger partial charge on any atom is 0.246 e. The lowest BCUT2D eigenvalue weighted by molar-refractivity contribution is 0.298. The molecular formula is C15H20N2O5S. The summed E-state index contributed by atoms with van der Waals surface area (Å²) in [5.74, 6) is 1.43. The van der Waals surface area contributed by atoms with E-state index in [9.17, 15) is 8.42 Å². The van der Waals surface area contributed by atoms with Gasteiger partial charge in [0.1, 0.15) is 17.2 Å². The van der Waals surface area contributed by atoms with Gasteiger partial charge in [0.05, 0.1) is 7.11 Å². The van der Waals surface area contributed by atoms with Crippen molar-refractivity contribution in [2.75, 3.05) is 20.3 Å². The second-order valence-electron chi connectivity index (χ2n) is 5.05. The van der Waals surface area contributed by atoms with E-state index >= 15 is 0 Å². The second kappa shape index (κ2) is 7.01. The highest BCUT2D eigenvalue weighted by molar-refractivity contribution is 7.89. The summed E-state index contributed by atoms with van der Waals surface area (Å²) >= 11 is 0. The molecule has 7 nitrogen and oxygen atoms in total. The number of methoxy groups -OCH3 is 1. The number of aryl methyl sites for hydroxylation is 3. The maximum absolute atomic E-state index is 12.2. The average Bonchev–Trinajstić information content (AvgIpc) is 2.84. The summed E-state index contributed by atoms with van der Waals surface area (Å²) in [5.41, 5.74) is 1.38. The van der Waals surface area contributed by atoms with Crippen molar-refractivity contribution in [2.24, 2.45) is 0 Å². The van der Waals surface area contributed by atoms with Crippen LogP contribution in [0.15, 0.2) is 27.6 Å². The topological polar surface area (TPSA) is 90.7 Å². The number of hydrogen-bond acceptors (Lipinski definition) is 6. The van der Waals surface area contributed by atoms with Gasteiger partial charge in [-0.3, -0.25) is 0 Å². The van der Waals surface area contributed by atoms with Gasteiger partial charge in [-0.25, -0.2) is 13.1 Å². The minimum Gasteiger partial charge on any atom is -0.493 e. The standard InChI is InChI=1S/C15H20N2O5S/c1-10-5-6-13(14(9-10)20-4)21-8-7-16-23(18,19)15-11(2)17-22-12(15)3/h5-6,9,16H,7-8H2,1-4H3. The molecule has 1 aromatic carbocycles. The van der Waals surface area contributed by atoms with Crippen molar-refractivity contribution in [1.29, 1.82) is 0 Å². The first-order valence-corrected chi connectivity index (χ1v) is 8.53. The molecule has 0 saturated heterocycles. The first-order chi connectivity index (χ1) is 10.8. The van der Waals surface area contributed by atoms with Crippen molar-refractivity contribution >= 4 is 10.0 Å². The predicted octanol–water partition coefficient (Wildman–Crippen LogP) is 1.97. The summed E-state index contributed by atoms with van der Waals surface area (Å²) in [6.07, 6.45) is 0. The molecule has 0 spiro atoms. The van der Waals surface area contributed by atoms with E-state index in [0.29, 0.717) is 17.2 Å². The van der Waals surface area contributed by atoms with Gasteiger partial charge in [-0.1, -0.05) is 11.2 Å². The molecule has 126 valence electrons. The number of hydrogen-bond donors (Lipinski definition) is 1. The van der Waals surface area contributed by atoms with Crippen LogP contribution in [0, 0.1) is 20.8 Å². The largest absolute Gasteiger partial charge is 0.493 e. The number of ether oxygens (including phenoxy) is 2. The van der Waals surface area contributed by atoms with Crippen molar-refractivity contribution in [3.8, 4) is 11.5 Å². The second-order valence-corrected chi connectivity index (χ2v) is 6.76. The Hall–Kier alpha value is -2.06. The molecule has 1 heterocycles. The lowest BCUT2D eigenvalue weighted by atomic mass is 10.2. The molecule has 0 saturated carbocycles. The third-order valence-electron chi connectivity index (χ3n) is 3.21. The monoisotopic (exact) mass is 340 g/mol. The van der Waals surface area contributed by atoms with Gasteiger partial charge >= 0.3 is 0 Å². The summed E-state index contributed by atoms with van der Waals surface area (Å²) in [6.45, 7) is 5.37. The molecule has 1 aromatic heterocycles. The summed E-state index contributed by atoms with van der Waals surface area (Å²) < 4.78 is 42.6. The molecule has 0 amide bonds. The molecule has 0 radical (unpaired) electrons. The fourth-order valence-electron chi connectivity index (χ4n) is 2.16. The molecular weight excluding hydrogens is 320 g/mol. The number of rotatable bonds is 7. The minimum atomic E-state index is -3.67. The van der Waals surface area contributed by atoms with Crippen LogP contribution in [0.4, 0.5) is 0 Å². The van der Waals surface area contributed by atoms with E-state index in [1.807, 2.05) is 19.1 Å². The van der Waals surface area contributed by atoms with Crippen LogP contribution in [0.5, 0.6) is 11.5 Å². The Morgan fingerprint density at radius 1 is 1.22 bits per heavy atom. The number of aromatic nitrogens is 1. The van der Waals surface area contributed by atoms with Crippen LogP contribution in [0.3, 0.4) is 0 Å². The van der Waals surface area contributed by atoms with Crippen molar-refractivity contribution in [1.82, 2.24) is 9.88 Å². The van der Waals surface area contributed by atoms with Crippen molar-refractivity contribution in [3.63, 3.8) is 0 Å². The molecule has 23 heavy (non-hydrogen) atoms. The Labute approximate surface area is 135 Å². The zero-order valence-corrected chi connectivity index (χ0v) is 14.4. The van der Waals surface area contributed by atoms with Gasteiger partial charge in [-0.15, -0.1) is 0 Å². The van der Waals surface area contributed by atoms with Crippen LogP contribution in [-0.2, 0) is 10.0 Å². The van der Waals surface area contributed by atoms with E-state index < -0.39 is 10.0 Å². The molecule has 2 rings (SSSR count). The van der Waals surface area contributed by atoms with Crippen LogP contribution < -0.4 is 14.2 Å². The quantitative estimate of drug-likeness (QED) is 0.775. The highest BCUT2D eigenvalue weighted by Crippen LogP contribution is 2.27. The van der Waals surface area contributed by atoms with Crippen molar-refractivity contribution < 1.29 is 22.4 Å². The van der Waals surface area contributed by atoms with E-state index in [1.54, 1.807) is 27.0 Å². The maximum atomic E-state index is 12.2. The Bertz CT molecular complexity index is 764. The summed E-state index contributed by atoms with van der Waals surface area (Å²) in [7, 11) is -2.12. The Balaban J connectivity index is 1.96. The highest BCUT2D eigenvalue weighted by atomic mass is 32.2. The molecule has 2 aromatic rings. The fourth-order valence-corrected chi connectivity index (χ4v) is 3.50. The van der Waals surface area contributed by atoms with Gasteiger partial charge in [-0.05, 0) is 38.5 Å². The molecule has 0 fully saturated rings. The first kappa shape index (κ1) is 17.3. The molecule has 1 N–H and O–H groups in total. The third kappa shape index (κ3) is 4.02. The summed E-state index contributed by atoms with van der Waals surface area (Å²) in [5, 5.41) is 3.65. The SMILES string of the molecule is COc1cc(C)ccc1OCCNS(=O)(=O)c1c(C)noc1C.